The van der Waals surface area contributed by atoms with Gasteiger partial charge in [0.15, 0.2) is 11.0 Å². The van der Waals surface area contributed by atoms with Gasteiger partial charge in [-0.3, -0.25) is 0 Å². The predicted molar refractivity (Wildman–Crippen MR) is 87.3 cm³/mol. The Morgan fingerprint density at radius 1 is 1.24 bits per heavy atom. The van der Waals surface area contributed by atoms with E-state index in [2.05, 4.69) is 46.2 Å². The zero-order chi connectivity index (χ0) is 15.0. The number of rotatable bonds is 2. The average molecular weight is 303 g/mol. The molecule has 1 aliphatic rings. The van der Waals surface area contributed by atoms with Crippen molar-refractivity contribution in [3.63, 3.8) is 0 Å². The molecule has 0 saturated heterocycles. The van der Waals surface area contributed by atoms with Crippen LogP contribution in [0.1, 0.15) is 22.3 Å². The van der Waals surface area contributed by atoms with Gasteiger partial charge in [0.05, 0.1) is 0 Å². The highest BCUT2D eigenvalue weighted by Gasteiger charge is 2.22. The van der Waals surface area contributed by atoms with Crippen LogP contribution >= 0.6 is 11.6 Å². The van der Waals surface area contributed by atoms with E-state index in [1.54, 1.807) is 0 Å². The van der Waals surface area contributed by atoms with Gasteiger partial charge in [-0.2, -0.15) is 0 Å². The molecular weight excluding hydrogens is 284 g/mol. The van der Waals surface area contributed by atoms with Crippen molar-refractivity contribution in [2.45, 2.75) is 26.8 Å². The highest BCUT2D eigenvalue weighted by atomic mass is 35.5. The molecule has 1 aromatic carbocycles. The minimum absolute atomic E-state index is 0.467. The van der Waals surface area contributed by atoms with Gasteiger partial charge in [0.25, 0.3) is 0 Å². The van der Waals surface area contributed by atoms with Crippen molar-refractivity contribution >= 4 is 23.1 Å². The number of benzene rings is 1. The Morgan fingerprint density at radius 3 is 2.81 bits per heavy atom. The topological polar surface area (TPSA) is 41.1 Å². The Labute approximate surface area is 130 Å². The van der Waals surface area contributed by atoms with Crippen LogP contribution in [0, 0.1) is 13.8 Å². The lowest BCUT2D eigenvalue weighted by Crippen LogP contribution is -2.32. The molecule has 1 aromatic heterocycles. The summed E-state index contributed by atoms with van der Waals surface area (Å²) in [6, 6.07) is 4.54. The van der Waals surface area contributed by atoms with E-state index in [1.807, 2.05) is 7.05 Å². The molecular formula is C16H19ClN4. The highest BCUT2D eigenvalue weighted by Crippen LogP contribution is 2.33. The van der Waals surface area contributed by atoms with Gasteiger partial charge in [-0.25, -0.2) is 9.97 Å². The molecule has 0 bridgehead atoms. The van der Waals surface area contributed by atoms with Crippen LogP contribution in [-0.4, -0.2) is 23.6 Å². The third-order valence-electron chi connectivity index (χ3n) is 4.04. The summed E-state index contributed by atoms with van der Waals surface area (Å²) in [5.41, 5.74) is 6.34. The lowest BCUT2D eigenvalue weighted by molar-refractivity contribution is 0.715. The van der Waals surface area contributed by atoms with Gasteiger partial charge in [-0.15, -0.1) is 0 Å². The van der Waals surface area contributed by atoms with Crippen LogP contribution in [-0.2, 0) is 13.0 Å². The number of hydrogen-bond donors (Lipinski definition) is 1. The summed E-state index contributed by atoms with van der Waals surface area (Å²) in [5.74, 6) is 0.878. The number of aromatic nitrogens is 2. The molecule has 2 aromatic rings. The summed E-state index contributed by atoms with van der Waals surface area (Å²) < 4.78 is 0. The standard InChI is InChI=1S/C16H19ClN4/c1-10-6-11(2)13-8-21(5-4-12(13)7-10)16-14(18-3)15(17)19-9-20-16/h6-7,9,18H,4-5,8H2,1-3H3. The van der Waals surface area contributed by atoms with E-state index in [1.165, 1.54) is 28.6 Å². The Balaban J connectivity index is 1.99. The SMILES string of the molecule is CNc1c(Cl)ncnc1N1CCc2cc(C)cc(C)c2C1. The number of anilines is 2. The Kier molecular flexibility index (Phi) is 3.72. The monoisotopic (exact) mass is 302 g/mol. The highest BCUT2D eigenvalue weighted by molar-refractivity contribution is 6.32. The van der Waals surface area contributed by atoms with Gasteiger partial charge < -0.3 is 10.2 Å². The molecule has 0 unspecified atom stereocenters. The molecule has 110 valence electrons. The Hall–Kier alpha value is -1.81. The van der Waals surface area contributed by atoms with Gasteiger partial charge >= 0.3 is 0 Å². The van der Waals surface area contributed by atoms with Gasteiger partial charge in [0, 0.05) is 20.1 Å². The summed E-state index contributed by atoms with van der Waals surface area (Å²) in [5, 5.41) is 3.58. The van der Waals surface area contributed by atoms with Crippen molar-refractivity contribution in [1.82, 2.24) is 9.97 Å². The van der Waals surface area contributed by atoms with Crippen LogP contribution in [0.5, 0.6) is 0 Å². The molecule has 0 saturated carbocycles. The van der Waals surface area contributed by atoms with E-state index in [0.29, 0.717) is 5.15 Å². The van der Waals surface area contributed by atoms with Crippen molar-refractivity contribution < 1.29 is 0 Å². The van der Waals surface area contributed by atoms with Gasteiger partial charge in [-0.05, 0) is 37.0 Å². The second-order valence-electron chi connectivity index (χ2n) is 5.50. The van der Waals surface area contributed by atoms with Gasteiger partial charge in [0.1, 0.15) is 12.0 Å². The molecule has 3 rings (SSSR count). The maximum Gasteiger partial charge on any atom is 0.157 e. The third kappa shape index (κ3) is 2.56. The first-order chi connectivity index (χ1) is 10.1. The molecule has 5 heteroatoms. The number of halogens is 1. The molecule has 1 aliphatic heterocycles. The van der Waals surface area contributed by atoms with Crippen molar-refractivity contribution in [3.05, 3.63) is 45.9 Å². The predicted octanol–water partition coefficient (Wildman–Crippen LogP) is 3.35. The molecule has 0 aliphatic carbocycles. The molecule has 0 amide bonds. The van der Waals surface area contributed by atoms with Crippen LogP contribution in [0.25, 0.3) is 0 Å². The van der Waals surface area contributed by atoms with Crippen LogP contribution in [0.15, 0.2) is 18.5 Å². The molecule has 0 fully saturated rings. The molecule has 21 heavy (non-hydrogen) atoms. The summed E-state index contributed by atoms with van der Waals surface area (Å²) in [7, 11) is 1.85. The van der Waals surface area contributed by atoms with E-state index >= 15 is 0 Å². The first kappa shape index (κ1) is 14.1. The minimum Gasteiger partial charge on any atom is -0.383 e. The summed E-state index contributed by atoms with van der Waals surface area (Å²) >= 11 is 6.16. The normalized spacial score (nSPS) is 14.0. The average Bonchev–Trinajstić information content (AvgIpc) is 2.46. The second kappa shape index (κ2) is 5.53. The van der Waals surface area contributed by atoms with Crippen LogP contribution < -0.4 is 10.2 Å². The lowest BCUT2D eigenvalue weighted by Gasteiger charge is -2.32. The second-order valence-corrected chi connectivity index (χ2v) is 5.86. The quantitative estimate of drug-likeness (QED) is 0.864. The number of hydrogen-bond acceptors (Lipinski definition) is 4. The zero-order valence-electron chi connectivity index (χ0n) is 12.6. The lowest BCUT2D eigenvalue weighted by atomic mass is 9.93. The molecule has 0 atom stereocenters. The third-order valence-corrected chi connectivity index (χ3v) is 4.33. The van der Waals surface area contributed by atoms with Crippen LogP contribution in [0.4, 0.5) is 11.5 Å². The van der Waals surface area contributed by atoms with E-state index < -0.39 is 0 Å². The van der Waals surface area contributed by atoms with E-state index in [-0.39, 0.29) is 0 Å². The van der Waals surface area contributed by atoms with Crippen molar-refractivity contribution in [2.75, 3.05) is 23.8 Å². The molecule has 2 heterocycles. The van der Waals surface area contributed by atoms with E-state index in [4.69, 9.17) is 11.6 Å². The Bertz CT molecular complexity index is 684. The first-order valence-corrected chi connectivity index (χ1v) is 7.50. The number of nitrogens with one attached hydrogen (secondary N) is 1. The van der Waals surface area contributed by atoms with Crippen LogP contribution in [0.2, 0.25) is 5.15 Å². The van der Waals surface area contributed by atoms with E-state index in [0.717, 1.165) is 31.0 Å². The summed E-state index contributed by atoms with van der Waals surface area (Å²) in [6.07, 6.45) is 2.55. The fourth-order valence-corrected chi connectivity index (χ4v) is 3.27. The van der Waals surface area contributed by atoms with Crippen molar-refractivity contribution in [2.24, 2.45) is 0 Å². The molecule has 0 radical (unpaired) electrons. The Morgan fingerprint density at radius 2 is 2.05 bits per heavy atom. The fraction of sp³-hybridized carbons (Fsp3) is 0.375. The van der Waals surface area contributed by atoms with E-state index in [9.17, 15) is 0 Å². The van der Waals surface area contributed by atoms with Gasteiger partial charge in [-0.1, -0.05) is 29.3 Å². The smallest absolute Gasteiger partial charge is 0.157 e. The molecule has 1 N–H and O–H groups in total. The number of nitrogens with zero attached hydrogens (tertiary/aromatic N) is 3. The summed E-state index contributed by atoms with van der Waals surface area (Å²) in [6.45, 7) is 6.14. The maximum absolute atomic E-state index is 6.16. The van der Waals surface area contributed by atoms with Gasteiger partial charge in [0.2, 0.25) is 0 Å². The number of aryl methyl sites for hydroxylation is 2. The van der Waals surface area contributed by atoms with Crippen molar-refractivity contribution in [3.8, 4) is 0 Å². The van der Waals surface area contributed by atoms with Crippen LogP contribution in [0.3, 0.4) is 0 Å². The number of fused-ring (bicyclic) bond motifs is 1. The summed E-state index contributed by atoms with van der Waals surface area (Å²) in [4.78, 5) is 10.7. The molecule has 0 spiro atoms. The fourth-order valence-electron chi connectivity index (χ4n) is 3.05. The largest absolute Gasteiger partial charge is 0.383 e. The minimum atomic E-state index is 0.467. The first-order valence-electron chi connectivity index (χ1n) is 7.12. The zero-order valence-corrected chi connectivity index (χ0v) is 13.3. The molecule has 4 nitrogen and oxygen atoms in total. The van der Waals surface area contributed by atoms with Crippen molar-refractivity contribution in [1.29, 1.82) is 0 Å². The maximum atomic E-state index is 6.16.